The molecule has 1 aromatic rings. The maximum Gasteiger partial charge on any atom is 0.176 e. The first kappa shape index (κ1) is 15.7. The molecule has 19 heavy (non-hydrogen) atoms. The second kappa shape index (κ2) is 8.67. The lowest BCUT2D eigenvalue weighted by molar-refractivity contribution is 0.0867. The highest BCUT2D eigenvalue weighted by Gasteiger charge is 2.11. The molecule has 0 aliphatic rings. The van der Waals surface area contributed by atoms with Gasteiger partial charge >= 0.3 is 0 Å². The number of Topliss-reactive ketones (excluding diaryl/α,β-unsaturated/α-hetero) is 1. The molecule has 0 fully saturated rings. The van der Waals surface area contributed by atoms with Gasteiger partial charge in [0.15, 0.2) is 5.78 Å². The maximum absolute atomic E-state index is 12.2. The number of hydrogen-bond donors (Lipinski definition) is 0. The average Bonchev–Trinajstić information content (AvgIpc) is 2.46. The third-order valence-electron chi connectivity index (χ3n) is 2.96. The van der Waals surface area contributed by atoms with Crippen molar-refractivity contribution in [3.63, 3.8) is 0 Å². The molecule has 0 saturated carbocycles. The molecule has 0 saturated heterocycles. The fourth-order valence-corrected chi connectivity index (χ4v) is 1.78. The largest absolute Gasteiger partial charge is 0.497 e. The number of nitrogens with zero attached hydrogens (tertiary/aromatic N) is 1. The number of ketones is 1. The van der Waals surface area contributed by atoms with Crippen LogP contribution in [0.3, 0.4) is 0 Å². The van der Waals surface area contributed by atoms with Crippen LogP contribution in [0.4, 0.5) is 0 Å². The first-order valence-electron chi connectivity index (χ1n) is 6.68. The van der Waals surface area contributed by atoms with Gasteiger partial charge < -0.3 is 9.47 Å². The van der Waals surface area contributed by atoms with Crippen molar-refractivity contribution in [2.75, 3.05) is 40.0 Å². The summed E-state index contributed by atoms with van der Waals surface area (Å²) in [4.78, 5) is 14.3. The summed E-state index contributed by atoms with van der Waals surface area (Å²) in [5, 5.41) is 0. The highest BCUT2D eigenvalue weighted by molar-refractivity contribution is 5.97. The first-order chi connectivity index (χ1) is 9.21. The third-order valence-corrected chi connectivity index (χ3v) is 2.96. The minimum absolute atomic E-state index is 0.109. The summed E-state index contributed by atoms with van der Waals surface area (Å²) in [7, 11) is 1.60. The first-order valence-corrected chi connectivity index (χ1v) is 6.68. The van der Waals surface area contributed by atoms with E-state index in [2.05, 4.69) is 4.90 Å². The van der Waals surface area contributed by atoms with Crippen molar-refractivity contribution in [3.05, 3.63) is 29.8 Å². The predicted octanol–water partition coefficient (Wildman–Crippen LogP) is 2.24. The van der Waals surface area contributed by atoms with E-state index >= 15 is 0 Å². The van der Waals surface area contributed by atoms with E-state index in [1.165, 1.54) is 0 Å². The van der Waals surface area contributed by atoms with Gasteiger partial charge in [-0.25, -0.2) is 0 Å². The summed E-state index contributed by atoms with van der Waals surface area (Å²) in [5.41, 5.74) is 0.689. The van der Waals surface area contributed by atoms with Crippen LogP contribution in [0.15, 0.2) is 24.3 Å². The predicted molar refractivity (Wildman–Crippen MR) is 75.9 cm³/mol. The van der Waals surface area contributed by atoms with Crippen LogP contribution in [0.5, 0.6) is 5.75 Å². The van der Waals surface area contributed by atoms with Crippen LogP contribution in [0.2, 0.25) is 0 Å². The molecule has 4 heteroatoms. The van der Waals surface area contributed by atoms with Crippen LogP contribution in [0.25, 0.3) is 0 Å². The lowest BCUT2D eigenvalue weighted by Gasteiger charge is -2.19. The summed E-state index contributed by atoms with van der Waals surface area (Å²) in [6.45, 7) is 7.42. The lowest BCUT2D eigenvalue weighted by Crippen LogP contribution is -2.32. The molecule has 0 amide bonds. The van der Waals surface area contributed by atoms with Gasteiger partial charge in [0.25, 0.3) is 0 Å². The van der Waals surface area contributed by atoms with Crippen molar-refractivity contribution < 1.29 is 14.3 Å². The van der Waals surface area contributed by atoms with Crippen LogP contribution in [0.1, 0.15) is 24.2 Å². The summed E-state index contributed by atoms with van der Waals surface area (Å²) in [6.07, 6.45) is 0. The number of carbonyl (C=O) groups is 1. The Morgan fingerprint density at radius 1 is 1.32 bits per heavy atom. The summed E-state index contributed by atoms with van der Waals surface area (Å²) in [5.74, 6) is 0.820. The molecule has 0 aliphatic heterocycles. The van der Waals surface area contributed by atoms with Crippen LogP contribution in [-0.2, 0) is 4.74 Å². The lowest BCUT2D eigenvalue weighted by atomic mass is 10.1. The molecule has 1 aromatic carbocycles. The number of rotatable bonds is 9. The summed E-state index contributed by atoms with van der Waals surface area (Å²) < 4.78 is 10.4. The number of carbonyl (C=O) groups excluding carboxylic acids is 1. The summed E-state index contributed by atoms with van der Waals surface area (Å²) >= 11 is 0. The highest BCUT2D eigenvalue weighted by atomic mass is 16.5. The van der Waals surface area contributed by atoms with E-state index in [0.717, 1.165) is 13.1 Å². The standard InChI is InChI=1S/C15H23NO3/c1-4-16(9-10-19-5-2)12-15(17)13-7-6-8-14(11-13)18-3/h6-8,11H,4-5,9-10,12H2,1-3H3. The van der Waals surface area contributed by atoms with Crippen LogP contribution in [-0.4, -0.2) is 50.6 Å². The van der Waals surface area contributed by atoms with Gasteiger partial charge in [0.1, 0.15) is 5.75 Å². The number of methoxy groups -OCH3 is 1. The second-order valence-corrected chi connectivity index (χ2v) is 4.22. The van der Waals surface area contributed by atoms with Crippen molar-refractivity contribution in [2.24, 2.45) is 0 Å². The van der Waals surface area contributed by atoms with E-state index in [0.29, 0.717) is 31.1 Å². The zero-order chi connectivity index (χ0) is 14.1. The zero-order valence-corrected chi connectivity index (χ0v) is 12.0. The molecule has 0 atom stereocenters. The van der Waals surface area contributed by atoms with E-state index in [-0.39, 0.29) is 5.78 Å². The Hall–Kier alpha value is -1.39. The van der Waals surface area contributed by atoms with Crippen LogP contribution >= 0.6 is 0 Å². The van der Waals surface area contributed by atoms with Crippen molar-refractivity contribution in [1.82, 2.24) is 4.90 Å². The number of ether oxygens (including phenoxy) is 2. The molecule has 0 radical (unpaired) electrons. The van der Waals surface area contributed by atoms with E-state index in [4.69, 9.17) is 9.47 Å². The quantitative estimate of drug-likeness (QED) is 0.507. The molecular formula is C15H23NO3. The number of benzene rings is 1. The highest BCUT2D eigenvalue weighted by Crippen LogP contribution is 2.13. The number of likely N-dealkylation sites (N-methyl/N-ethyl adjacent to an activating group) is 1. The van der Waals surface area contributed by atoms with Gasteiger partial charge in [0.05, 0.1) is 20.3 Å². The normalized spacial score (nSPS) is 10.7. The second-order valence-electron chi connectivity index (χ2n) is 4.22. The SMILES string of the molecule is CCOCCN(CC)CC(=O)c1cccc(OC)c1. The van der Waals surface area contributed by atoms with Crippen molar-refractivity contribution in [2.45, 2.75) is 13.8 Å². The molecule has 0 bridgehead atoms. The average molecular weight is 265 g/mol. The Kier molecular flexibility index (Phi) is 7.15. The van der Waals surface area contributed by atoms with Gasteiger partial charge in [-0.15, -0.1) is 0 Å². The molecule has 0 aliphatic carbocycles. The maximum atomic E-state index is 12.2. The molecule has 0 spiro atoms. The zero-order valence-electron chi connectivity index (χ0n) is 12.0. The van der Waals surface area contributed by atoms with Gasteiger partial charge in [-0.3, -0.25) is 9.69 Å². The van der Waals surface area contributed by atoms with Crippen molar-refractivity contribution in [1.29, 1.82) is 0 Å². The van der Waals surface area contributed by atoms with Crippen molar-refractivity contribution >= 4 is 5.78 Å². The minimum atomic E-state index is 0.109. The van der Waals surface area contributed by atoms with E-state index in [9.17, 15) is 4.79 Å². The molecular weight excluding hydrogens is 242 g/mol. The van der Waals surface area contributed by atoms with Gasteiger partial charge in [-0.1, -0.05) is 19.1 Å². The van der Waals surface area contributed by atoms with Gasteiger partial charge in [-0.05, 0) is 25.6 Å². The Balaban J connectivity index is 2.55. The summed E-state index contributed by atoms with van der Waals surface area (Å²) in [6, 6.07) is 7.27. The van der Waals surface area contributed by atoms with Crippen LogP contribution < -0.4 is 4.74 Å². The topological polar surface area (TPSA) is 38.8 Å². The Morgan fingerprint density at radius 2 is 2.11 bits per heavy atom. The fourth-order valence-electron chi connectivity index (χ4n) is 1.78. The van der Waals surface area contributed by atoms with Gasteiger partial charge in [0, 0.05) is 18.7 Å². The minimum Gasteiger partial charge on any atom is -0.497 e. The van der Waals surface area contributed by atoms with Crippen LogP contribution in [0, 0.1) is 0 Å². The molecule has 106 valence electrons. The van der Waals surface area contributed by atoms with Gasteiger partial charge in [-0.2, -0.15) is 0 Å². The monoisotopic (exact) mass is 265 g/mol. The molecule has 0 heterocycles. The van der Waals surface area contributed by atoms with E-state index in [1.54, 1.807) is 13.2 Å². The van der Waals surface area contributed by atoms with Gasteiger partial charge in [0.2, 0.25) is 0 Å². The van der Waals surface area contributed by atoms with E-state index in [1.807, 2.05) is 32.0 Å². The smallest absolute Gasteiger partial charge is 0.176 e. The Morgan fingerprint density at radius 3 is 2.74 bits per heavy atom. The Bertz CT molecular complexity index is 393. The van der Waals surface area contributed by atoms with E-state index < -0.39 is 0 Å². The van der Waals surface area contributed by atoms with Crippen molar-refractivity contribution in [3.8, 4) is 5.75 Å². The third kappa shape index (κ3) is 5.41. The molecule has 4 nitrogen and oxygen atoms in total. The number of hydrogen-bond acceptors (Lipinski definition) is 4. The molecule has 0 unspecified atom stereocenters. The molecule has 1 rings (SSSR count). The Labute approximate surface area is 115 Å². The molecule has 0 N–H and O–H groups in total. The molecule has 0 aromatic heterocycles. The fraction of sp³-hybridized carbons (Fsp3) is 0.533.